The van der Waals surface area contributed by atoms with Crippen molar-refractivity contribution in [2.75, 3.05) is 13.6 Å². The standard InChI is InChI=1S/C22H32N2O4/c1-22(2,3)28-21(26)23-14-19(15-8-6-5-7-9-15)20(25)27-18-12-16-10-11-17(13-18)24(16)4/h5-9,16-19H,10-14H2,1-4H3,(H,23,26)/t16-,17+,18-,19?. The third kappa shape index (κ3) is 5.25. The molecule has 1 amide bonds. The zero-order chi connectivity index (χ0) is 20.3. The van der Waals surface area contributed by atoms with Gasteiger partial charge < -0.3 is 19.7 Å². The molecule has 1 unspecified atom stereocenters. The van der Waals surface area contributed by atoms with E-state index in [1.54, 1.807) is 0 Å². The molecule has 2 bridgehead atoms. The molecule has 28 heavy (non-hydrogen) atoms. The first kappa shape index (κ1) is 20.6. The van der Waals surface area contributed by atoms with Crippen LogP contribution in [0, 0.1) is 0 Å². The number of nitrogens with one attached hydrogen (secondary N) is 1. The molecule has 1 aromatic rings. The second-order valence-corrected chi connectivity index (χ2v) is 8.93. The smallest absolute Gasteiger partial charge is 0.407 e. The van der Waals surface area contributed by atoms with E-state index < -0.39 is 17.6 Å². The lowest BCUT2D eigenvalue weighted by Crippen LogP contribution is -2.44. The summed E-state index contributed by atoms with van der Waals surface area (Å²) >= 11 is 0. The fourth-order valence-electron chi connectivity index (χ4n) is 4.23. The van der Waals surface area contributed by atoms with Crippen LogP contribution in [-0.4, -0.2) is 54.3 Å². The molecule has 2 heterocycles. The van der Waals surface area contributed by atoms with Crippen molar-refractivity contribution in [3.8, 4) is 0 Å². The molecule has 1 aromatic carbocycles. The van der Waals surface area contributed by atoms with Crippen molar-refractivity contribution in [3.63, 3.8) is 0 Å². The monoisotopic (exact) mass is 388 g/mol. The maximum Gasteiger partial charge on any atom is 0.407 e. The van der Waals surface area contributed by atoms with Gasteiger partial charge >= 0.3 is 12.1 Å². The average molecular weight is 389 g/mol. The first-order valence-electron chi connectivity index (χ1n) is 10.2. The van der Waals surface area contributed by atoms with Crippen LogP contribution in [0.5, 0.6) is 0 Å². The highest BCUT2D eigenvalue weighted by Crippen LogP contribution is 2.36. The molecule has 0 radical (unpaired) electrons. The Balaban J connectivity index is 1.63. The maximum absolute atomic E-state index is 13.0. The molecular weight excluding hydrogens is 356 g/mol. The predicted octanol–water partition coefficient (Wildman–Crippen LogP) is 3.46. The molecule has 0 saturated carbocycles. The summed E-state index contributed by atoms with van der Waals surface area (Å²) in [6, 6.07) is 10.5. The van der Waals surface area contributed by atoms with Crippen LogP contribution >= 0.6 is 0 Å². The van der Waals surface area contributed by atoms with Crippen LogP contribution in [0.1, 0.15) is 57.9 Å². The van der Waals surface area contributed by atoms with Gasteiger partial charge in [0.15, 0.2) is 0 Å². The van der Waals surface area contributed by atoms with Crippen LogP contribution in [0.2, 0.25) is 0 Å². The van der Waals surface area contributed by atoms with Crippen molar-refractivity contribution in [3.05, 3.63) is 35.9 Å². The molecule has 0 spiro atoms. The van der Waals surface area contributed by atoms with Gasteiger partial charge in [-0.3, -0.25) is 4.79 Å². The largest absolute Gasteiger partial charge is 0.462 e. The number of amides is 1. The van der Waals surface area contributed by atoms with E-state index in [0.717, 1.165) is 18.4 Å². The lowest BCUT2D eigenvalue weighted by atomic mass is 9.97. The molecule has 2 aliphatic rings. The van der Waals surface area contributed by atoms with Gasteiger partial charge in [-0.25, -0.2) is 4.79 Å². The Morgan fingerprint density at radius 1 is 1.14 bits per heavy atom. The summed E-state index contributed by atoms with van der Waals surface area (Å²) < 4.78 is 11.2. The van der Waals surface area contributed by atoms with Gasteiger partial charge in [0.25, 0.3) is 0 Å². The van der Waals surface area contributed by atoms with E-state index in [0.29, 0.717) is 12.1 Å². The van der Waals surface area contributed by atoms with E-state index >= 15 is 0 Å². The van der Waals surface area contributed by atoms with E-state index in [9.17, 15) is 9.59 Å². The minimum absolute atomic E-state index is 0.0473. The molecule has 2 aliphatic heterocycles. The highest BCUT2D eigenvalue weighted by atomic mass is 16.6. The number of piperidine rings is 1. The number of rotatable bonds is 5. The van der Waals surface area contributed by atoms with Crippen LogP contribution in [-0.2, 0) is 14.3 Å². The number of hydrogen-bond donors (Lipinski definition) is 1. The zero-order valence-corrected chi connectivity index (χ0v) is 17.3. The number of carbonyl (C=O) groups is 2. The number of hydrogen-bond acceptors (Lipinski definition) is 5. The number of ether oxygens (including phenoxy) is 2. The van der Waals surface area contributed by atoms with E-state index in [4.69, 9.17) is 9.47 Å². The van der Waals surface area contributed by atoms with Crippen molar-refractivity contribution in [1.82, 2.24) is 10.2 Å². The summed E-state index contributed by atoms with van der Waals surface area (Å²) in [4.78, 5) is 27.5. The number of alkyl carbamates (subject to hydrolysis) is 1. The number of carbonyl (C=O) groups excluding carboxylic acids is 2. The fraction of sp³-hybridized carbons (Fsp3) is 0.636. The second-order valence-electron chi connectivity index (χ2n) is 8.93. The molecular formula is C22H32N2O4. The predicted molar refractivity (Wildman–Crippen MR) is 107 cm³/mol. The zero-order valence-electron chi connectivity index (χ0n) is 17.3. The first-order chi connectivity index (χ1) is 13.2. The molecule has 1 N–H and O–H groups in total. The summed E-state index contributed by atoms with van der Waals surface area (Å²) in [6.45, 7) is 5.58. The molecule has 4 atom stereocenters. The van der Waals surface area contributed by atoms with Crippen molar-refractivity contribution < 1.29 is 19.1 Å². The van der Waals surface area contributed by atoms with E-state index in [1.165, 1.54) is 12.8 Å². The normalized spacial score (nSPS) is 25.8. The lowest BCUT2D eigenvalue weighted by molar-refractivity contribution is -0.154. The molecule has 154 valence electrons. The Labute approximate surface area is 167 Å². The molecule has 3 rings (SSSR count). The second kappa shape index (κ2) is 8.52. The Morgan fingerprint density at radius 3 is 2.32 bits per heavy atom. The summed E-state index contributed by atoms with van der Waals surface area (Å²) in [5.74, 6) is -0.831. The van der Waals surface area contributed by atoms with Crippen LogP contribution in [0.25, 0.3) is 0 Å². The fourth-order valence-corrected chi connectivity index (χ4v) is 4.23. The van der Waals surface area contributed by atoms with Gasteiger partial charge in [-0.2, -0.15) is 0 Å². The van der Waals surface area contributed by atoms with Gasteiger partial charge in [0.1, 0.15) is 11.7 Å². The summed E-state index contributed by atoms with van der Waals surface area (Å²) in [7, 11) is 2.16. The lowest BCUT2D eigenvalue weighted by Gasteiger charge is -2.36. The summed E-state index contributed by atoms with van der Waals surface area (Å²) in [6.07, 6.45) is 3.56. The van der Waals surface area contributed by atoms with Gasteiger partial charge in [-0.15, -0.1) is 0 Å². The molecule has 2 saturated heterocycles. The summed E-state index contributed by atoms with van der Waals surface area (Å²) in [5, 5.41) is 2.72. The maximum atomic E-state index is 13.0. The minimum Gasteiger partial charge on any atom is -0.462 e. The van der Waals surface area contributed by atoms with Crippen LogP contribution in [0.15, 0.2) is 30.3 Å². The van der Waals surface area contributed by atoms with Gasteiger partial charge in [0.05, 0.1) is 5.92 Å². The third-order valence-corrected chi connectivity index (χ3v) is 5.67. The third-order valence-electron chi connectivity index (χ3n) is 5.67. The van der Waals surface area contributed by atoms with E-state index in [1.807, 2.05) is 51.1 Å². The highest BCUT2D eigenvalue weighted by Gasteiger charge is 2.40. The van der Waals surface area contributed by atoms with E-state index in [2.05, 4.69) is 17.3 Å². The Kier molecular flexibility index (Phi) is 6.28. The van der Waals surface area contributed by atoms with Gasteiger partial charge in [0.2, 0.25) is 0 Å². The Hall–Kier alpha value is -2.08. The van der Waals surface area contributed by atoms with Crippen molar-refractivity contribution >= 4 is 12.1 Å². The number of esters is 1. The van der Waals surface area contributed by atoms with Crippen LogP contribution < -0.4 is 5.32 Å². The molecule has 0 aromatic heterocycles. The van der Waals surface area contributed by atoms with Crippen LogP contribution in [0.4, 0.5) is 4.79 Å². The quantitative estimate of drug-likeness (QED) is 0.783. The summed E-state index contributed by atoms with van der Waals surface area (Å²) in [5.41, 5.74) is 0.250. The van der Waals surface area contributed by atoms with Crippen LogP contribution in [0.3, 0.4) is 0 Å². The number of fused-ring (bicyclic) bond motifs is 2. The molecule has 0 aliphatic carbocycles. The van der Waals surface area contributed by atoms with Gasteiger partial charge in [-0.05, 0) is 59.1 Å². The number of benzene rings is 1. The van der Waals surface area contributed by atoms with E-state index in [-0.39, 0.29) is 18.6 Å². The molecule has 6 nitrogen and oxygen atoms in total. The first-order valence-corrected chi connectivity index (χ1v) is 10.2. The van der Waals surface area contributed by atoms with Gasteiger partial charge in [0, 0.05) is 18.6 Å². The van der Waals surface area contributed by atoms with Gasteiger partial charge in [-0.1, -0.05) is 30.3 Å². The number of nitrogens with zero attached hydrogens (tertiary/aromatic N) is 1. The Morgan fingerprint density at radius 2 is 1.75 bits per heavy atom. The Bertz CT molecular complexity index is 672. The van der Waals surface area contributed by atoms with Crippen molar-refractivity contribution in [2.24, 2.45) is 0 Å². The average Bonchev–Trinajstić information content (AvgIpc) is 2.82. The van der Waals surface area contributed by atoms with Crippen molar-refractivity contribution in [2.45, 2.75) is 76.2 Å². The SMILES string of the molecule is CN1[C@@H]2CC[C@H]1C[C@H](OC(=O)C(CNC(=O)OC(C)(C)C)c1ccccc1)C2. The molecule has 6 heteroatoms. The van der Waals surface area contributed by atoms with Crippen molar-refractivity contribution in [1.29, 1.82) is 0 Å². The topological polar surface area (TPSA) is 67.9 Å². The minimum atomic E-state index is -0.583. The molecule has 2 fully saturated rings. The highest BCUT2D eigenvalue weighted by molar-refractivity contribution is 5.79.